The molecule has 0 unspecified atom stereocenters. The quantitative estimate of drug-likeness (QED) is 0.315. The van der Waals surface area contributed by atoms with E-state index >= 15 is 0 Å². The summed E-state index contributed by atoms with van der Waals surface area (Å²) >= 11 is 8.69. The monoisotopic (exact) mass is 452 g/mol. The van der Waals surface area contributed by atoms with Crippen molar-refractivity contribution in [3.63, 3.8) is 0 Å². The largest absolute Gasteiger partial charge is 0.488 e. The van der Waals surface area contributed by atoms with Gasteiger partial charge in [-0.25, -0.2) is 0 Å². The third-order valence-corrected chi connectivity index (χ3v) is 5.15. The van der Waals surface area contributed by atoms with Crippen molar-refractivity contribution in [3.05, 3.63) is 86.9 Å². The molecule has 4 aromatic rings. The smallest absolute Gasteiger partial charge is 0.216 e. The highest BCUT2D eigenvalue weighted by molar-refractivity contribution is 9.10. The molecule has 140 valence electrons. The number of rotatable bonds is 5. The molecular formula is C21H17BrN4OS. The molecule has 28 heavy (non-hydrogen) atoms. The van der Waals surface area contributed by atoms with Gasteiger partial charge in [0.15, 0.2) is 0 Å². The van der Waals surface area contributed by atoms with E-state index in [-0.39, 0.29) is 0 Å². The van der Waals surface area contributed by atoms with Gasteiger partial charge < -0.3 is 4.74 Å². The lowest BCUT2D eigenvalue weighted by Crippen LogP contribution is -2.00. The molecule has 0 bridgehead atoms. The minimum Gasteiger partial charge on any atom is -0.488 e. The third kappa shape index (κ3) is 3.90. The zero-order chi connectivity index (χ0) is 19.5. The van der Waals surface area contributed by atoms with Gasteiger partial charge >= 0.3 is 0 Å². The molecule has 0 saturated heterocycles. The van der Waals surface area contributed by atoms with E-state index in [4.69, 9.17) is 17.0 Å². The molecule has 0 spiro atoms. The SMILES string of the molecule is Cc1n[nH]c(=S)n1N=Cc1c(OCc2ccc(Br)cc2)ccc2ccccc12. The number of halogens is 1. The maximum absolute atomic E-state index is 6.14. The van der Waals surface area contributed by atoms with E-state index < -0.39 is 0 Å². The van der Waals surface area contributed by atoms with Crippen LogP contribution in [0.5, 0.6) is 5.75 Å². The van der Waals surface area contributed by atoms with E-state index in [2.05, 4.69) is 49.4 Å². The highest BCUT2D eigenvalue weighted by Gasteiger charge is 2.08. The number of ether oxygens (including phenoxy) is 1. The maximum atomic E-state index is 6.14. The Bertz CT molecular complexity index is 1210. The van der Waals surface area contributed by atoms with E-state index in [0.717, 1.165) is 32.1 Å². The lowest BCUT2D eigenvalue weighted by molar-refractivity contribution is 0.306. The molecule has 1 N–H and O–H groups in total. The zero-order valence-corrected chi connectivity index (χ0v) is 17.5. The van der Waals surface area contributed by atoms with Gasteiger partial charge in [-0.15, -0.1) is 0 Å². The van der Waals surface area contributed by atoms with Crippen molar-refractivity contribution in [2.45, 2.75) is 13.5 Å². The second-order valence-electron chi connectivity index (χ2n) is 6.25. The Kier molecular flexibility index (Phi) is 5.36. The molecule has 0 aliphatic carbocycles. The van der Waals surface area contributed by atoms with Crippen LogP contribution in [0, 0.1) is 11.7 Å². The maximum Gasteiger partial charge on any atom is 0.216 e. The first-order chi connectivity index (χ1) is 13.6. The summed E-state index contributed by atoms with van der Waals surface area (Å²) in [6.45, 7) is 2.31. The van der Waals surface area contributed by atoms with Crippen molar-refractivity contribution in [1.29, 1.82) is 0 Å². The number of hydrogen-bond donors (Lipinski definition) is 1. The highest BCUT2D eigenvalue weighted by atomic mass is 79.9. The van der Waals surface area contributed by atoms with Gasteiger partial charge in [-0.05, 0) is 53.7 Å². The molecule has 5 nitrogen and oxygen atoms in total. The molecule has 1 heterocycles. The average Bonchev–Trinajstić information content (AvgIpc) is 3.03. The van der Waals surface area contributed by atoms with Gasteiger partial charge in [-0.3, -0.25) is 5.10 Å². The lowest BCUT2D eigenvalue weighted by atomic mass is 10.0. The van der Waals surface area contributed by atoms with Crippen LogP contribution >= 0.6 is 28.1 Å². The predicted molar refractivity (Wildman–Crippen MR) is 118 cm³/mol. The van der Waals surface area contributed by atoms with Crippen LogP contribution in [0.4, 0.5) is 0 Å². The van der Waals surface area contributed by atoms with Crippen LogP contribution in [-0.4, -0.2) is 21.1 Å². The minimum absolute atomic E-state index is 0.450. The fourth-order valence-electron chi connectivity index (χ4n) is 2.90. The Balaban J connectivity index is 1.72. The van der Waals surface area contributed by atoms with Crippen LogP contribution in [0.15, 0.2) is 70.2 Å². The van der Waals surface area contributed by atoms with E-state index in [9.17, 15) is 0 Å². The number of benzene rings is 3. The summed E-state index contributed by atoms with van der Waals surface area (Å²) < 4.78 is 9.22. The molecule has 0 atom stereocenters. The second kappa shape index (κ2) is 8.08. The molecule has 0 radical (unpaired) electrons. The van der Waals surface area contributed by atoms with Crippen LogP contribution in [0.25, 0.3) is 10.8 Å². The number of fused-ring (bicyclic) bond motifs is 1. The highest BCUT2D eigenvalue weighted by Crippen LogP contribution is 2.27. The predicted octanol–water partition coefficient (Wildman–Crippen LogP) is 5.63. The van der Waals surface area contributed by atoms with Crippen LogP contribution in [-0.2, 0) is 6.61 Å². The summed E-state index contributed by atoms with van der Waals surface area (Å²) in [4.78, 5) is 0. The zero-order valence-electron chi connectivity index (χ0n) is 15.1. The first-order valence-electron chi connectivity index (χ1n) is 8.69. The van der Waals surface area contributed by atoms with Crippen LogP contribution < -0.4 is 4.74 Å². The molecule has 3 aromatic carbocycles. The van der Waals surface area contributed by atoms with E-state index in [0.29, 0.717) is 17.2 Å². The Hall–Kier alpha value is -2.77. The van der Waals surface area contributed by atoms with Crippen molar-refractivity contribution in [2.24, 2.45) is 5.10 Å². The topological polar surface area (TPSA) is 55.2 Å². The molecule has 0 fully saturated rings. The minimum atomic E-state index is 0.450. The van der Waals surface area contributed by atoms with Gasteiger partial charge in [0, 0.05) is 10.0 Å². The molecule has 0 aliphatic rings. The molecule has 1 aromatic heterocycles. The Morgan fingerprint density at radius 3 is 2.68 bits per heavy atom. The lowest BCUT2D eigenvalue weighted by Gasteiger charge is -2.12. The number of aryl methyl sites for hydroxylation is 1. The van der Waals surface area contributed by atoms with Crippen molar-refractivity contribution < 1.29 is 4.74 Å². The van der Waals surface area contributed by atoms with Crippen molar-refractivity contribution >= 4 is 45.1 Å². The second-order valence-corrected chi connectivity index (χ2v) is 7.55. The molecule has 0 aliphatic heterocycles. The standard InChI is InChI=1S/C21H17BrN4OS/c1-14-24-25-21(28)26(14)23-12-19-18-5-3-2-4-16(18)8-11-20(19)27-13-15-6-9-17(22)10-7-15/h2-12H,13H2,1H3,(H,25,28). The summed E-state index contributed by atoms with van der Waals surface area (Å²) in [5.41, 5.74) is 1.99. The van der Waals surface area contributed by atoms with Crippen LogP contribution in [0.1, 0.15) is 17.0 Å². The Labute approximate surface area is 175 Å². The summed E-state index contributed by atoms with van der Waals surface area (Å²) in [5, 5.41) is 13.5. The summed E-state index contributed by atoms with van der Waals surface area (Å²) in [7, 11) is 0. The number of aromatic nitrogens is 3. The van der Waals surface area contributed by atoms with Gasteiger partial charge in [0.25, 0.3) is 0 Å². The molecular weight excluding hydrogens is 436 g/mol. The summed E-state index contributed by atoms with van der Waals surface area (Å²) in [5.74, 6) is 1.46. The van der Waals surface area contributed by atoms with Crippen molar-refractivity contribution in [3.8, 4) is 5.75 Å². The van der Waals surface area contributed by atoms with E-state index in [1.165, 1.54) is 0 Å². The number of nitrogens with zero attached hydrogens (tertiary/aromatic N) is 3. The van der Waals surface area contributed by atoms with Gasteiger partial charge in [0.05, 0.1) is 6.21 Å². The fraction of sp³-hybridized carbons (Fsp3) is 0.0952. The molecule has 0 amide bonds. The number of nitrogens with one attached hydrogen (secondary N) is 1. The number of aromatic amines is 1. The number of H-pyrrole nitrogens is 1. The average molecular weight is 453 g/mol. The number of hydrogen-bond acceptors (Lipinski definition) is 4. The van der Waals surface area contributed by atoms with Crippen LogP contribution in [0.3, 0.4) is 0 Å². The fourth-order valence-corrected chi connectivity index (χ4v) is 3.39. The first-order valence-corrected chi connectivity index (χ1v) is 9.89. The Morgan fingerprint density at radius 1 is 1.14 bits per heavy atom. The van der Waals surface area contributed by atoms with Gasteiger partial charge in [0.2, 0.25) is 4.77 Å². The van der Waals surface area contributed by atoms with Crippen LogP contribution in [0.2, 0.25) is 0 Å². The van der Waals surface area contributed by atoms with Crippen molar-refractivity contribution in [1.82, 2.24) is 14.9 Å². The van der Waals surface area contributed by atoms with Gasteiger partial charge in [-0.2, -0.15) is 14.9 Å². The van der Waals surface area contributed by atoms with E-state index in [1.807, 2.05) is 49.4 Å². The summed E-state index contributed by atoms with van der Waals surface area (Å²) in [6, 6.07) is 20.3. The normalized spacial score (nSPS) is 11.4. The van der Waals surface area contributed by atoms with Crippen molar-refractivity contribution in [2.75, 3.05) is 0 Å². The van der Waals surface area contributed by atoms with E-state index in [1.54, 1.807) is 10.9 Å². The Morgan fingerprint density at radius 2 is 1.93 bits per heavy atom. The summed E-state index contributed by atoms with van der Waals surface area (Å²) in [6.07, 6.45) is 1.78. The molecule has 0 saturated carbocycles. The first kappa shape index (κ1) is 18.6. The van der Waals surface area contributed by atoms with Gasteiger partial charge in [0.1, 0.15) is 18.2 Å². The third-order valence-electron chi connectivity index (χ3n) is 4.35. The van der Waals surface area contributed by atoms with Gasteiger partial charge in [-0.1, -0.05) is 58.4 Å². The molecule has 4 rings (SSSR count). The molecule has 7 heteroatoms.